The average molecular weight is 457 g/mol. The Kier molecular flexibility index (Phi) is 10.4. The average Bonchev–Trinajstić information content (AvgIpc) is 2.60. The Bertz CT molecular complexity index is 497. The van der Waals surface area contributed by atoms with Gasteiger partial charge in [-0.15, -0.1) is 0 Å². The summed E-state index contributed by atoms with van der Waals surface area (Å²) >= 11 is 0. The van der Waals surface area contributed by atoms with Crippen LogP contribution in [0.5, 0.6) is 0 Å². The SMILES string of the molecule is CC(C)[Si](OC[C@@H]1OC=C[C@H](O[Si](C(C)C)(C(C)C)C(C)C)[C@H]1C)(C(C)C)C(C)C. The quantitative estimate of drug-likeness (QED) is 0.293. The molecule has 178 valence electrons. The predicted octanol–water partition coefficient (Wildman–Crippen LogP) is 8.29. The number of hydrogen-bond donors (Lipinski definition) is 0. The lowest BCUT2D eigenvalue weighted by molar-refractivity contribution is -0.0140. The van der Waals surface area contributed by atoms with E-state index in [9.17, 15) is 0 Å². The van der Waals surface area contributed by atoms with E-state index in [-0.39, 0.29) is 18.1 Å². The minimum absolute atomic E-state index is 0.0568. The van der Waals surface area contributed by atoms with Gasteiger partial charge in [0.15, 0.2) is 0 Å². The molecule has 0 fully saturated rings. The second-order valence-corrected chi connectivity index (χ2v) is 22.3. The van der Waals surface area contributed by atoms with Crippen molar-refractivity contribution in [3.63, 3.8) is 0 Å². The number of rotatable bonds is 11. The molecule has 5 heteroatoms. The number of ether oxygens (including phenoxy) is 1. The summed E-state index contributed by atoms with van der Waals surface area (Å²) in [6.07, 6.45) is 4.19. The van der Waals surface area contributed by atoms with Gasteiger partial charge in [-0.2, -0.15) is 0 Å². The van der Waals surface area contributed by atoms with Gasteiger partial charge in [0, 0.05) is 5.92 Å². The highest BCUT2D eigenvalue weighted by Crippen LogP contribution is 2.45. The highest BCUT2D eigenvalue weighted by molar-refractivity contribution is 6.78. The molecule has 0 bridgehead atoms. The highest BCUT2D eigenvalue weighted by Gasteiger charge is 2.49. The third kappa shape index (κ3) is 5.44. The fraction of sp³-hybridized carbons (Fsp3) is 0.920. The minimum Gasteiger partial charge on any atom is -0.496 e. The lowest BCUT2D eigenvalue weighted by Gasteiger charge is -2.47. The second-order valence-electron chi connectivity index (χ2n) is 11.4. The molecule has 0 saturated heterocycles. The van der Waals surface area contributed by atoms with Gasteiger partial charge in [-0.05, 0) is 39.3 Å². The molecule has 0 aromatic rings. The van der Waals surface area contributed by atoms with Crippen LogP contribution in [0.15, 0.2) is 12.3 Å². The first-order chi connectivity index (χ1) is 13.7. The summed E-state index contributed by atoms with van der Waals surface area (Å²) in [4.78, 5) is 0. The normalized spacial score (nSPS) is 23.5. The lowest BCUT2D eigenvalue weighted by Crippen LogP contribution is -2.54. The van der Waals surface area contributed by atoms with E-state index in [0.29, 0.717) is 39.9 Å². The van der Waals surface area contributed by atoms with Gasteiger partial charge in [0.05, 0.1) is 19.0 Å². The zero-order valence-corrected chi connectivity index (χ0v) is 24.3. The van der Waals surface area contributed by atoms with Crippen molar-refractivity contribution in [3.8, 4) is 0 Å². The molecule has 0 unspecified atom stereocenters. The molecule has 0 N–H and O–H groups in total. The molecule has 0 radical (unpaired) electrons. The van der Waals surface area contributed by atoms with Gasteiger partial charge in [0.1, 0.15) is 6.10 Å². The van der Waals surface area contributed by atoms with Gasteiger partial charge in [0.2, 0.25) is 16.6 Å². The lowest BCUT2D eigenvalue weighted by atomic mass is 9.97. The second kappa shape index (κ2) is 11.2. The molecule has 0 spiro atoms. The van der Waals surface area contributed by atoms with Gasteiger partial charge in [0.25, 0.3) is 0 Å². The van der Waals surface area contributed by atoms with E-state index in [1.807, 2.05) is 6.26 Å². The summed E-state index contributed by atoms with van der Waals surface area (Å²) in [7, 11) is -3.84. The van der Waals surface area contributed by atoms with Crippen LogP contribution >= 0.6 is 0 Å². The van der Waals surface area contributed by atoms with E-state index in [1.165, 1.54) is 0 Å². The molecule has 0 saturated carbocycles. The summed E-state index contributed by atoms with van der Waals surface area (Å²) in [5.74, 6) is 0.288. The fourth-order valence-corrected chi connectivity index (χ4v) is 17.5. The van der Waals surface area contributed by atoms with Crippen LogP contribution in [0.4, 0.5) is 0 Å². The van der Waals surface area contributed by atoms with Crippen LogP contribution in [0.25, 0.3) is 0 Å². The van der Waals surface area contributed by atoms with Crippen LogP contribution in [0.1, 0.15) is 90.0 Å². The van der Waals surface area contributed by atoms with E-state index in [1.54, 1.807) is 0 Å². The van der Waals surface area contributed by atoms with Crippen molar-refractivity contribution in [1.29, 1.82) is 0 Å². The number of hydrogen-bond acceptors (Lipinski definition) is 3. The van der Waals surface area contributed by atoms with Crippen LogP contribution in [0.2, 0.25) is 33.2 Å². The van der Waals surface area contributed by atoms with Crippen LogP contribution in [-0.4, -0.2) is 35.4 Å². The van der Waals surface area contributed by atoms with Crippen LogP contribution in [0, 0.1) is 5.92 Å². The molecule has 0 aromatic carbocycles. The molecule has 3 atom stereocenters. The Morgan fingerprint density at radius 2 is 1.10 bits per heavy atom. The summed E-state index contributed by atoms with van der Waals surface area (Å²) < 4.78 is 20.1. The molecule has 1 heterocycles. The zero-order valence-electron chi connectivity index (χ0n) is 22.3. The van der Waals surface area contributed by atoms with Gasteiger partial charge >= 0.3 is 0 Å². The summed E-state index contributed by atoms with van der Waals surface area (Å²) in [6, 6.07) is 0. The first kappa shape index (κ1) is 27.9. The molecule has 1 aliphatic heterocycles. The Labute approximate surface area is 190 Å². The fourth-order valence-electron chi connectivity index (χ4n) is 6.44. The maximum atomic E-state index is 7.11. The van der Waals surface area contributed by atoms with E-state index in [2.05, 4.69) is 96.1 Å². The molecule has 3 nitrogen and oxygen atoms in total. The molecule has 0 aliphatic carbocycles. The Balaban J connectivity index is 3.05. The molecule has 0 amide bonds. The van der Waals surface area contributed by atoms with E-state index < -0.39 is 16.6 Å². The first-order valence-corrected chi connectivity index (χ1v) is 16.7. The van der Waals surface area contributed by atoms with Gasteiger partial charge in [-0.1, -0.05) is 90.0 Å². The van der Waals surface area contributed by atoms with Crippen LogP contribution in [-0.2, 0) is 13.6 Å². The molecule has 30 heavy (non-hydrogen) atoms. The Hall–Kier alpha value is -0.106. The molecular weight excluding hydrogens is 404 g/mol. The van der Waals surface area contributed by atoms with Crippen LogP contribution < -0.4 is 0 Å². The van der Waals surface area contributed by atoms with Gasteiger partial charge in [-0.25, -0.2) is 0 Å². The summed E-state index contributed by atoms with van der Waals surface area (Å²) in [5, 5.41) is 0. The van der Waals surface area contributed by atoms with Crippen molar-refractivity contribution < 1.29 is 13.6 Å². The molecule has 1 rings (SSSR count). The van der Waals surface area contributed by atoms with E-state index >= 15 is 0 Å². The smallest absolute Gasteiger partial charge is 0.201 e. The predicted molar refractivity (Wildman–Crippen MR) is 136 cm³/mol. The minimum atomic E-state index is -1.94. The van der Waals surface area contributed by atoms with Crippen LogP contribution in [0.3, 0.4) is 0 Å². The highest BCUT2D eigenvalue weighted by atomic mass is 28.4. The Morgan fingerprint density at radius 1 is 0.700 bits per heavy atom. The molecular formula is C25H52O3Si2. The standard InChI is InChI=1S/C25H52O3Si2/c1-17(2)29(18(3)4,19(5)6)27-16-25-23(13)24(14-15-26-25)28-30(20(7)8,21(9)10)22(11)12/h14-15,17-25H,16H2,1-13H3/t23-,24+,25+/m1/s1. The maximum Gasteiger partial charge on any atom is 0.201 e. The van der Waals surface area contributed by atoms with Gasteiger partial charge < -0.3 is 13.6 Å². The molecule has 0 aromatic heterocycles. The van der Waals surface area contributed by atoms with Crippen molar-refractivity contribution in [2.24, 2.45) is 5.92 Å². The summed E-state index contributed by atoms with van der Waals surface area (Å²) in [6.45, 7) is 31.2. The van der Waals surface area contributed by atoms with Crippen molar-refractivity contribution in [1.82, 2.24) is 0 Å². The first-order valence-electron chi connectivity index (χ1n) is 12.4. The molecule has 1 aliphatic rings. The van der Waals surface area contributed by atoms with E-state index in [0.717, 1.165) is 0 Å². The summed E-state index contributed by atoms with van der Waals surface area (Å²) in [5.41, 5.74) is 3.50. The van der Waals surface area contributed by atoms with Crippen molar-refractivity contribution in [2.75, 3.05) is 6.61 Å². The van der Waals surface area contributed by atoms with Crippen molar-refractivity contribution in [3.05, 3.63) is 12.3 Å². The van der Waals surface area contributed by atoms with Crippen molar-refractivity contribution in [2.45, 2.75) is 135 Å². The largest absolute Gasteiger partial charge is 0.496 e. The topological polar surface area (TPSA) is 27.7 Å². The van der Waals surface area contributed by atoms with E-state index in [4.69, 9.17) is 13.6 Å². The third-order valence-electron chi connectivity index (χ3n) is 7.88. The monoisotopic (exact) mass is 456 g/mol. The van der Waals surface area contributed by atoms with Crippen molar-refractivity contribution >= 4 is 16.6 Å². The Morgan fingerprint density at radius 3 is 1.47 bits per heavy atom. The van der Waals surface area contributed by atoms with Gasteiger partial charge in [-0.3, -0.25) is 0 Å². The maximum absolute atomic E-state index is 7.11. The zero-order chi connectivity index (χ0) is 23.4. The third-order valence-corrected chi connectivity index (χ3v) is 20.1.